The SMILES string of the molecule is COc1cc(N)cc(C#N)c1OC. The predicted molar refractivity (Wildman–Crippen MR) is 48.7 cm³/mol. The van der Waals surface area contributed by atoms with Crippen LogP contribution in [0, 0.1) is 11.3 Å². The van der Waals surface area contributed by atoms with E-state index in [9.17, 15) is 0 Å². The van der Waals surface area contributed by atoms with E-state index >= 15 is 0 Å². The number of nitrogens with zero attached hydrogens (tertiary/aromatic N) is 1. The second-order valence-electron chi connectivity index (χ2n) is 2.42. The highest BCUT2D eigenvalue weighted by molar-refractivity contribution is 5.61. The third kappa shape index (κ3) is 1.64. The molecular formula is C9H10N2O2. The van der Waals surface area contributed by atoms with E-state index in [-0.39, 0.29) is 0 Å². The van der Waals surface area contributed by atoms with Crippen LogP contribution >= 0.6 is 0 Å². The van der Waals surface area contributed by atoms with Crippen molar-refractivity contribution >= 4 is 5.69 Å². The van der Waals surface area contributed by atoms with Crippen molar-refractivity contribution in [3.05, 3.63) is 17.7 Å². The summed E-state index contributed by atoms with van der Waals surface area (Å²) < 4.78 is 10.0. The van der Waals surface area contributed by atoms with Crippen molar-refractivity contribution < 1.29 is 9.47 Å². The first-order valence-electron chi connectivity index (χ1n) is 3.64. The Bertz CT molecular complexity index is 355. The van der Waals surface area contributed by atoms with E-state index in [0.29, 0.717) is 22.7 Å². The first-order valence-corrected chi connectivity index (χ1v) is 3.64. The molecule has 0 saturated carbocycles. The zero-order chi connectivity index (χ0) is 9.84. The van der Waals surface area contributed by atoms with Crippen LogP contribution in [0.4, 0.5) is 5.69 Å². The van der Waals surface area contributed by atoms with Gasteiger partial charge in [0.05, 0.1) is 19.8 Å². The summed E-state index contributed by atoms with van der Waals surface area (Å²) in [6.45, 7) is 0. The van der Waals surface area contributed by atoms with Gasteiger partial charge in [-0.25, -0.2) is 0 Å². The van der Waals surface area contributed by atoms with E-state index in [1.54, 1.807) is 12.1 Å². The van der Waals surface area contributed by atoms with Crippen LogP contribution in [0.5, 0.6) is 11.5 Å². The maximum Gasteiger partial charge on any atom is 0.178 e. The van der Waals surface area contributed by atoms with Crippen molar-refractivity contribution in [1.29, 1.82) is 5.26 Å². The van der Waals surface area contributed by atoms with Crippen LogP contribution in [0.25, 0.3) is 0 Å². The lowest BCUT2D eigenvalue weighted by Gasteiger charge is -2.09. The van der Waals surface area contributed by atoms with Gasteiger partial charge in [0, 0.05) is 11.8 Å². The lowest BCUT2D eigenvalue weighted by atomic mass is 10.2. The molecular weight excluding hydrogens is 168 g/mol. The van der Waals surface area contributed by atoms with Crippen molar-refractivity contribution in [3.63, 3.8) is 0 Å². The van der Waals surface area contributed by atoms with Gasteiger partial charge in [-0.15, -0.1) is 0 Å². The second-order valence-corrected chi connectivity index (χ2v) is 2.42. The van der Waals surface area contributed by atoms with Crippen LogP contribution < -0.4 is 15.2 Å². The number of benzene rings is 1. The highest BCUT2D eigenvalue weighted by Crippen LogP contribution is 2.32. The van der Waals surface area contributed by atoms with Gasteiger partial charge in [-0.2, -0.15) is 5.26 Å². The van der Waals surface area contributed by atoms with Crippen LogP contribution in [0.2, 0.25) is 0 Å². The van der Waals surface area contributed by atoms with Crippen molar-refractivity contribution in [2.24, 2.45) is 0 Å². The van der Waals surface area contributed by atoms with E-state index in [0.717, 1.165) is 0 Å². The van der Waals surface area contributed by atoms with Gasteiger partial charge in [-0.05, 0) is 6.07 Å². The summed E-state index contributed by atoms with van der Waals surface area (Å²) in [6.07, 6.45) is 0. The quantitative estimate of drug-likeness (QED) is 0.690. The lowest BCUT2D eigenvalue weighted by molar-refractivity contribution is 0.354. The fraction of sp³-hybridized carbons (Fsp3) is 0.222. The number of nitrogens with two attached hydrogens (primary N) is 1. The van der Waals surface area contributed by atoms with E-state index in [4.69, 9.17) is 20.5 Å². The summed E-state index contributed by atoms with van der Waals surface area (Å²) >= 11 is 0. The number of rotatable bonds is 2. The van der Waals surface area contributed by atoms with Crippen LogP contribution in [-0.4, -0.2) is 14.2 Å². The average molecular weight is 178 g/mol. The molecule has 0 radical (unpaired) electrons. The molecule has 0 saturated heterocycles. The molecule has 2 N–H and O–H groups in total. The summed E-state index contributed by atoms with van der Waals surface area (Å²) in [5.41, 5.74) is 6.40. The normalized spacial score (nSPS) is 9.00. The first kappa shape index (κ1) is 9.20. The summed E-state index contributed by atoms with van der Waals surface area (Å²) in [5.74, 6) is 0.887. The summed E-state index contributed by atoms with van der Waals surface area (Å²) in [5, 5.41) is 8.75. The van der Waals surface area contributed by atoms with Crippen molar-refractivity contribution in [2.45, 2.75) is 0 Å². The van der Waals surface area contributed by atoms with Gasteiger partial charge in [0.2, 0.25) is 0 Å². The minimum absolute atomic E-state index is 0.374. The topological polar surface area (TPSA) is 68.3 Å². The molecule has 0 heterocycles. The van der Waals surface area contributed by atoms with Crippen molar-refractivity contribution in [1.82, 2.24) is 0 Å². The highest BCUT2D eigenvalue weighted by Gasteiger charge is 2.10. The van der Waals surface area contributed by atoms with E-state index in [1.807, 2.05) is 6.07 Å². The average Bonchev–Trinajstić information content (AvgIpc) is 2.16. The van der Waals surface area contributed by atoms with E-state index in [1.165, 1.54) is 14.2 Å². The summed E-state index contributed by atoms with van der Waals surface area (Å²) in [4.78, 5) is 0. The number of hydrogen-bond acceptors (Lipinski definition) is 4. The molecule has 1 aromatic carbocycles. The number of nitrogen functional groups attached to an aromatic ring is 1. The third-order valence-electron chi connectivity index (χ3n) is 1.62. The zero-order valence-corrected chi connectivity index (χ0v) is 7.50. The van der Waals surface area contributed by atoms with Crippen LogP contribution in [-0.2, 0) is 0 Å². The fourth-order valence-electron chi connectivity index (χ4n) is 1.07. The number of anilines is 1. The molecule has 0 spiro atoms. The maximum atomic E-state index is 8.75. The molecule has 1 aromatic rings. The monoisotopic (exact) mass is 178 g/mol. The Morgan fingerprint density at radius 1 is 1.31 bits per heavy atom. The van der Waals surface area contributed by atoms with Gasteiger partial charge >= 0.3 is 0 Å². The number of hydrogen-bond donors (Lipinski definition) is 1. The molecule has 0 atom stereocenters. The summed E-state index contributed by atoms with van der Waals surface area (Å²) in [7, 11) is 2.98. The molecule has 13 heavy (non-hydrogen) atoms. The van der Waals surface area contributed by atoms with Gasteiger partial charge in [0.25, 0.3) is 0 Å². The van der Waals surface area contributed by atoms with Gasteiger partial charge in [0.1, 0.15) is 6.07 Å². The first-order chi connectivity index (χ1) is 6.22. The van der Waals surface area contributed by atoms with Crippen LogP contribution in [0.1, 0.15) is 5.56 Å². The molecule has 0 unspecified atom stereocenters. The van der Waals surface area contributed by atoms with E-state index in [2.05, 4.69) is 0 Å². The molecule has 0 amide bonds. The Morgan fingerprint density at radius 3 is 2.46 bits per heavy atom. The van der Waals surface area contributed by atoms with Crippen LogP contribution in [0.15, 0.2) is 12.1 Å². The third-order valence-corrected chi connectivity index (χ3v) is 1.62. The molecule has 1 rings (SSSR count). The van der Waals surface area contributed by atoms with Crippen molar-refractivity contribution in [2.75, 3.05) is 20.0 Å². The molecule has 0 bridgehead atoms. The van der Waals surface area contributed by atoms with Gasteiger partial charge in [-0.1, -0.05) is 0 Å². The number of methoxy groups -OCH3 is 2. The lowest BCUT2D eigenvalue weighted by Crippen LogP contribution is -1.96. The molecule has 0 fully saturated rings. The smallest absolute Gasteiger partial charge is 0.178 e. The Morgan fingerprint density at radius 2 is 2.00 bits per heavy atom. The summed E-state index contributed by atoms with van der Waals surface area (Å²) in [6, 6.07) is 5.13. The molecule has 4 heteroatoms. The second kappa shape index (κ2) is 3.68. The highest BCUT2D eigenvalue weighted by atomic mass is 16.5. The Balaban J connectivity index is 3.36. The van der Waals surface area contributed by atoms with Crippen LogP contribution in [0.3, 0.4) is 0 Å². The maximum absolute atomic E-state index is 8.75. The minimum atomic E-state index is 0.374. The predicted octanol–water partition coefficient (Wildman–Crippen LogP) is 1.16. The largest absolute Gasteiger partial charge is 0.493 e. The fourth-order valence-corrected chi connectivity index (χ4v) is 1.07. The zero-order valence-electron chi connectivity index (χ0n) is 7.50. The number of ether oxygens (including phenoxy) is 2. The number of nitriles is 1. The standard InChI is InChI=1S/C9H10N2O2/c1-12-8-4-7(11)3-6(5-10)9(8)13-2/h3-4H,11H2,1-2H3. The Kier molecular flexibility index (Phi) is 2.60. The Hall–Kier alpha value is -1.89. The molecule has 68 valence electrons. The van der Waals surface area contributed by atoms with Gasteiger partial charge < -0.3 is 15.2 Å². The van der Waals surface area contributed by atoms with E-state index < -0.39 is 0 Å². The Labute approximate surface area is 76.5 Å². The molecule has 0 aliphatic carbocycles. The molecule has 4 nitrogen and oxygen atoms in total. The van der Waals surface area contributed by atoms with Crippen molar-refractivity contribution in [3.8, 4) is 17.6 Å². The minimum Gasteiger partial charge on any atom is -0.493 e. The molecule has 0 aromatic heterocycles. The molecule has 0 aliphatic heterocycles. The van der Waals surface area contributed by atoms with Gasteiger partial charge in [-0.3, -0.25) is 0 Å². The molecule has 0 aliphatic rings. The van der Waals surface area contributed by atoms with Gasteiger partial charge in [0.15, 0.2) is 11.5 Å².